The van der Waals surface area contributed by atoms with Crippen LogP contribution in [-0.4, -0.2) is 16.9 Å². The van der Waals surface area contributed by atoms with E-state index >= 15 is 0 Å². The zero-order chi connectivity index (χ0) is 16.7. The first-order valence-electron chi connectivity index (χ1n) is 8.54. The lowest BCUT2D eigenvalue weighted by Crippen LogP contribution is -2.40. The predicted octanol–water partition coefficient (Wildman–Crippen LogP) is 5.43. The van der Waals surface area contributed by atoms with Gasteiger partial charge >= 0.3 is 0 Å². The number of ether oxygens (including phenoxy) is 1. The zero-order valence-corrected chi connectivity index (χ0v) is 15.6. The van der Waals surface area contributed by atoms with Gasteiger partial charge in [-0.05, 0) is 30.7 Å². The van der Waals surface area contributed by atoms with Gasteiger partial charge in [-0.1, -0.05) is 59.1 Å². The Bertz CT molecular complexity index is 785. The summed E-state index contributed by atoms with van der Waals surface area (Å²) >= 11 is 3.59. The molecular weight excluding hydrogens is 364 g/mol. The van der Waals surface area contributed by atoms with Gasteiger partial charge < -0.3 is 4.74 Å². The third kappa shape index (κ3) is 2.73. The lowest BCUT2D eigenvalue weighted by molar-refractivity contribution is -0.0223. The molecule has 2 aromatic carbocycles. The molecule has 3 nitrogen and oxygen atoms in total. The molecular formula is C20H21BrN2O. The number of hydrogen-bond acceptors (Lipinski definition) is 3. The monoisotopic (exact) mass is 384 g/mol. The molecule has 0 radical (unpaired) electrons. The van der Waals surface area contributed by atoms with Gasteiger partial charge in [0, 0.05) is 22.9 Å². The molecule has 4 heteroatoms. The van der Waals surface area contributed by atoms with Gasteiger partial charge in [0.2, 0.25) is 0 Å². The number of hydrogen-bond donors (Lipinski definition) is 0. The van der Waals surface area contributed by atoms with Crippen LogP contribution in [0.15, 0.2) is 52.0 Å². The molecule has 24 heavy (non-hydrogen) atoms. The fourth-order valence-corrected chi connectivity index (χ4v) is 3.87. The van der Waals surface area contributed by atoms with Crippen LogP contribution < -0.4 is 4.74 Å². The van der Waals surface area contributed by atoms with Gasteiger partial charge in [0.05, 0.1) is 11.8 Å². The van der Waals surface area contributed by atoms with Crippen molar-refractivity contribution in [1.29, 1.82) is 0 Å². The second kappa shape index (κ2) is 6.25. The first-order valence-corrected chi connectivity index (χ1v) is 9.34. The van der Waals surface area contributed by atoms with Crippen molar-refractivity contribution in [2.24, 2.45) is 5.10 Å². The van der Waals surface area contributed by atoms with Crippen molar-refractivity contribution in [1.82, 2.24) is 5.01 Å². The Kier molecular flexibility index (Phi) is 4.09. The normalized spacial score (nSPS) is 21.8. The van der Waals surface area contributed by atoms with Crippen LogP contribution in [0.25, 0.3) is 0 Å². The smallest absolute Gasteiger partial charge is 0.187 e. The molecule has 2 heterocycles. The van der Waals surface area contributed by atoms with Crippen molar-refractivity contribution in [3.8, 4) is 5.75 Å². The second-order valence-electron chi connectivity index (χ2n) is 6.56. The van der Waals surface area contributed by atoms with Gasteiger partial charge in [-0.25, -0.2) is 0 Å². The van der Waals surface area contributed by atoms with E-state index in [2.05, 4.69) is 71.2 Å². The summed E-state index contributed by atoms with van der Waals surface area (Å²) in [7, 11) is 0. The maximum atomic E-state index is 6.24. The Balaban J connectivity index is 1.72. The molecule has 0 spiro atoms. The maximum Gasteiger partial charge on any atom is 0.187 e. The minimum atomic E-state index is 0.0247. The highest BCUT2D eigenvalue weighted by Gasteiger charge is 2.39. The first-order chi connectivity index (χ1) is 11.7. The topological polar surface area (TPSA) is 24.8 Å². The van der Waals surface area contributed by atoms with Gasteiger partial charge in [-0.3, -0.25) is 5.01 Å². The molecule has 2 aromatic rings. The molecule has 4 rings (SSSR count). The second-order valence-corrected chi connectivity index (χ2v) is 7.47. The Labute approximate surface area is 151 Å². The van der Waals surface area contributed by atoms with E-state index in [1.165, 1.54) is 16.7 Å². The SMILES string of the molecule is CCC[C@@H]1Oc2ccc(Br)cc2[C@@H]2CC(c3ccc(C)cc3)=NN12. The summed E-state index contributed by atoms with van der Waals surface area (Å²) < 4.78 is 7.33. The number of fused-ring (bicyclic) bond motifs is 3. The van der Waals surface area contributed by atoms with Crippen molar-refractivity contribution in [3.63, 3.8) is 0 Å². The Hall–Kier alpha value is -1.81. The summed E-state index contributed by atoms with van der Waals surface area (Å²) in [5.74, 6) is 0.998. The molecule has 2 aliphatic heterocycles. The van der Waals surface area contributed by atoms with Crippen molar-refractivity contribution in [2.45, 2.75) is 45.4 Å². The van der Waals surface area contributed by atoms with E-state index in [0.29, 0.717) is 0 Å². The van der Waals surface area contributed by atoms with Crippen LogP contribution in [0.5, 0.6) is 5.75 Å². The van der Waals surface area contributed by atoms with Gasteiger partial charge in [0.15, 0.2) is 6.23 Å². The number of rotatable bonds is 3. The van der Waals surface area contributed by atoms with Gasteiger partial charge in [-0.15, -0.1) is 0 Å². The van der Waals surface area contributed by atoms with E-state index in [4.69, 9.17) is 9.84 Å². The van der Waals surface area contributed by atoms with Crippen molar-refractivity contribution >= 4 is 21.6 Å². The molecule has 2 aliphatic rings. The lowest BCUT2D eigenvalue weighted by Gasteiger charge is -2.38. The average molecular weight is 385 g/mol. The van der Waals surface area contributed by atoms with Crippen LogP contribution in [0, 0.1) is 6.92 Å². The number of benzene rings is 2. The molecule has 2 atom stereocenters. The Morgan fingerprint density at radius 3 is 2.75 bits per heavy atom. The molecule has 0 N–H and O–H groups in total. The summed E-state index contributed by atoms with van der Waals surface area (Å²) in [5.41, 5.74) is 4.86. The highest BCUT2D eigenvalue weighted by Crippen LogP contribution is 2.44. The van der Waals surface area contributed by atoms with E-state index in [1.54, 1.807) is 0 Å². The van der Waals surface area contributed by atoms with E-state index in [-0.39, 0.29) is 12.3 Å². The number of hydrazone groups is 1. The van der Waals surface area contributed by atoms with E-state index in [1.807, 2.05) is 6.07 Å². The Morgan fingerprint density at radius 1 is 1.21 bits per heavy atom. The molecule has 0 amide bonds. The van der Waals surface area contributed by atoms with Crippen molar-refractivity contribution in [3.05, 3.63) is 63.6 Å². The third-order valence-electron chi connectivity index (χ3n) is 4.75. The van der Waals surface area contributed by atoms with Gasteiger partial charge in [0.25, 0.3) is 0 Å². The number of nitrogens with zero attached hydrogens (tertiary/aromatic N) is 2. The molecule has 0 saturated carbocycles. The van der Waals surface area contributed by atoms with Crippen LogP contribution in [0.1, 0.15) is 48.9 Å². The minimum Gasteiger partial charge on any atom is -0.469 e. The summed E-state index contributed by atoms with van der Waals surface area (Å²) in [5, 5.41) is 7.12. The largest absolute Gasteiger partial charge is 0.469 e. The molecule has 0 aromatic heterocycles. The van der Waals surface area contributed by atoms with E-state index in [0.717, 1.165) is 35.2 Å². The summed E-state index contributed by atoms with van der Waals surface area (Å²) in [4.78, 5) is 0. The highest BCUT2D eigenvalue weighted by molar-refractivity contribution is 9.10. The fourth-order valence-electron chi connectivity index (χ4n) is 3.49. The minimum absolute atomic E-state index is 0.0247. The van der Waals surface area contributed by atoms with Crippen LogP contribution in [0.3, 0.4) is 0 Å². The summed E-state index contributed by atoms with van der Waals surface area (Å²) in [6.07, 6.45) is 3.01. The van der Waals surface area contributed by atoms with Crippen LogP contribution in [0.2, 0.25) is 0 Å². The predicted molar refractivity (Wildman–Crippen MR) is 100 cm³/mol. The first kappa shape index (κ1) is 15.7. The third-order valence-corrected chi connectivity index (χ3v) is 5.24. The molecule has 124 valence electrons. The van der Waals surface area contributed by atoms with Gasteiger partial charge in [0.1, 0.15) is 5.75 Å². The van der Waals surface area contributed by atoms with Crippen molar-refractivity contribution < 1.29 is 4.74 Å². The van der Waals surface area contributed by atoms with Gasteiger partial charge in [-0.2, -0.15) is 5.10 Å². The average Bonchev–Trinajstić information content (AvgIpc) is 3.02. The van der Waals surface area contributed by atoms with Crippen LogP contribution in [0.4, 0.5) is 0 Å². The molecule has 0 saturated heterocycles. The lowest BCUT2D eigenvalue weighted by atomic mass is 9.96. The summed E-state index contributed by atoms with van der Waals surface area (Å²) in [6, 6.07) is 15.2. The zero-order valence-electron chi connectivity index (χ0n) is 14.0. The number of aryl methyl sites for hydroxylation is 1. The van der Waals surface area contributed by atoms with Crippen LogP contribution >= 0.6 is 15.9 Å². The molecule has 0 unspecified atom stereocenters. The summed E-state index contributed by atoms with van der Waals surface area (Å²) in [6.45, 7) is 4.30. The fraction of sp³-hybridized carbons (Fsp3) is 0.350. The van der Waals surface area contributed by atoms with E-state index in [9.17, 15) is 0 Å². The molecule has 0 bridgehead atoms. The standard InChI is InChI=1S/C20H21BrN2O/c1-3-4-20-23-18(16-11-15(21)9-10-19(16)24-20)12-17(22-23)14-7-5-13(2)6-8-14/h5-11,18,20H,3-4,12H2,1-2H3/t18-,20-/m0/s1. The Morgan fingerprint density at radius 2 is 2.00 bits per heavy atom. The maximum absolute atomic E-state index is 6.24. The number of halogens is 1. The van der Waals surface area contributed by atoms with Crippen molar-refractivity contribution in [2.75, 3.05) is 0 Å². The highest BCUT2D eigenvalue weighted by atomic mass is 79.9. The molecule has 0 fully saturated rings. The van der Waals surface area contributed by atoms with Crippen LogP contribution in [-0.2, 0) is 0 Å². The quantitative estimate of drug-likeness (QED) is 0.704. The van der Waals surface area contributed by atoms with E-state index < -0.39 is 0 Å². The molecule has 0 aliphatic carbocycles.